The van der Waals surface area contributed by atoms with Crippen LogP contribution in [0.15, 0.2) is 18.2 Å². The lowest BCUT2D eigenvalue weighted by Gasteiger charge is -2.01. The average molecular weight is 181 g/mol. The Morgan fingerprint density at radius 3 is 3.00 bits per heavy atom. The molecular weight excluding hydrogens is 174 g/mol. The highest BCUT2D eigenvalue weighted by Gasteiger charge is 2.25. The standard InChI is InChI=1S/C8H7NO4/c1-2-6-7(13-9-12-6)3-5(1)11-8-4-10-8/h1-3,8-9H,4H2. The summed E-state index contributed by atoms with van der Waals surface area (Å²) in [6.07, 6.45) is -0.0895. The van der Waals surface area contributed by atoms with Crippen molar-refractivity contribution in [2.75, 3.05) is 6.61 Å². The van der Waals surface area contributed by atoms with Gasteiger partial charge in [0.15, 0.2) is 11.5 Å². The quantitative estimate of drug-likeness (QED) is 0.677. The summed E-state index contributed by atoms with van der Waals surface area (Å²) < 4.78 is 10.3. The lowest BCUT2D eigenvalue weighted by atomic mass is 10.3. The fourth-order valence-corrected chi connectivity index (χ4v) is 1.10. The third kappa shape index (κ3) is 1.28. The van der Waals surface area contributed by atoms with Crippen molar-refractivity contribution in [3.8, 4) is 17.2 Å². The number of nitrogens with one attached hydrogen (secondary N) is 1. The van der Waals surface area contributed by atoms with Gasteiger partial charge in [0.05, 0.1) is 0 Å². The highest BCUT2D eigenvalue weighted by atomic mass is 16.9. The smallest absolute Gasteiger partial charge is 0.223 e. The Kier molecular flexibility index (Phi) is 1.35. The lowest BCUT2D eigenvalue weighted by molar-refractivity contribution is 0.0259. The monoisotopic (exact) mass is 181 g/mol. The van der Waals surface area contributed by atoms with Crippen molar-refractivity contribution >= 4 is 0 Å². The van der Waals surface area contributed by atoms with Gasteiger partial charge in [-0.25, -0.2) is 0 Å². The molecule has 5 heteroatoms. The highest BCUT2D eigenvalue weighted by Crippen LogP contribution is 2.34. The molecule has 0 aromatic heterocycles. The number of hydrogen-bond donors (Lipinski definition) is 1. The predicted molar refractivity (Wildman–Crippen MR) is 41.2 cm³/mol. The van der Waals surface area contributed by atoms with Crippen LogP contribution in [0.2, 0.25) is 0 Å². The molecule has 1 unspecified atom stereocenters. The van der Waals surface area contributed by atoms with Gasteiger partial charge in [-0.1, -0.05) is 0 Å². The van der Waals surface area contributed by atoms with Crippen molar-refractivity contribution < 1.29 is 19.1 Å². The summed E-state index contributed by atoms with van der Waals surface area (Å²) in [6, 6.07) is 5.32. The van der Waals surface area contributed by atoms with E-state index >= 15 is 0 Å². The van der Waals surface area contributed by atoms with E-state index in [1.54, 1.807) is 18.2 Å². The Morgan fingerprint density at radius 1 is 1.31 bits per heavy atom. The minimum absolute atomic E-state index is 0.0895. The van der Waals surface area contributed by atoms with Gasteiger partial charge < -0.3 is 19.1 Å². The van der Waals surface area contributed by atoms with E-state index in [2.05, 4.69) is 5.64 Å². The molecule has 1 saturated heterocycles. The first-order valence-electron chi connectivity index (χ1n) is 3.93. The second-order valence-electron chi connectivity index (χ2n) is 2.78. The van der Waals surface area contributed by atoms with Crippen molar-refractivity contribution in [2.45, 2.75) is 6.29 Å². The van der Waals surface area contributed by atoms with Crippen LogP contribution in [0.3, 0.4) is 0 Å². The zero-order chi connectivity index (χ0) is 8.67. The summed E-state index contributed by atoms with van der Waals surface area (Å²) in [5.74, 6) is 2.00. The predicted octanol–water partition coefficient (Wildman–Crippen LogP) is 0.612. The van der Waals surface area contributed by atoms with Crippen LogP contribution in [0.1, 0.15) is 0 Å². The van der Waals surface area contributed by atoms with Crippen molar-refractivity contribution in [1.82, 2.24) is 5.64 Å². The normalized spacial score (nSPS) is 22.9. The molecule has 2 aliphatic heterocycles. The molecule has 2 heterocycles. The zero-order valence-corrected chi connectivity index (χ0v) is 6.65. The molecule has 1 N–H and O–H groups in total. The van der Waals surface area contributed by atoms with Gasteiger partial charge in [0, 0.05) is 11.7 Å². The van der Waals surface area contributed by atoms with Gasteiger partial charge in [0.2, 0.25) is 6.29 Å². The fraction of sp³-hybridized carbons (Fsp3) is 0.250. The number of hydrogen-bond acceptors (Lipinski definition) is 5. The molecule has 1 atom stereocenters. The maximum Gasteiger partial charge on any atom is 0.223 e. The third-order valence-corrected chi connectivity index (χ3v) is 1.79. The molecule has 0 saturated carbocycles. The van der Waals surface area contributed by atoms with E-state index in [1.807, 2.05) is 0 Å². The largest absolute Gasteiger partial charge is 0.462 e. The SMILES string of the molecule is c1cc2c(cc1OC1CO1)ONO2. The Morgan fingerprint density at radius 2 is 2.15 bits per heavy atom. The maximum absolute atomic E-state index is 5.36. The van der Waals surface area contributed by atoms with Crippen molar-refractivity contribution in [3.63, 3.8) is 0 Å². The number of epoxide rings is 1. The Labute approximate surface area is 74.1 Å². The van der Waals surface area contributed by atoms with Gasteiger partial charge in [0.1, 0.15) is 12.4 Å². The van der Waals surface area contributed by atoms with Gasteiger partial charge >= 0.3 is 0 Å². The Hall–Kier alpha value is -1.46. The first kappa shape index (κ1) is 6.99. The molecule has 2 aliphatic rings. The van der Waals surface area contributed by atoms with Crippen LogP contribution in [0, 0.1) is 0 Å². The maximum atomic E-state index is 5.36. The number of fused-ring (bicyclic) bond motifs is 1. The summed E-state index contributed by atoms with van der Waals surface area (Å²) in [5, 5.41) is 0. The molecule has 68 valence electrons. The lowest BCUT2D eigenvalue weighted by Crippen LogP contribution is -2.14. The van der Waals surface area contributed by atoms with Crippen LogP contribution >= 0.6 is 0 Å². The van der Waals surface area contributed by atoms with Gasteiger partial charge in [-0.3, -0.25) is 0 Å². The molecule has 1 aromatic carbocycles. The van der Waals surface area contributed by atoms with Crippen LogP contribution in [0.25, 0.3) is 0 Å². The van der Waals surface area contributed by atoms with E-state index in [9.17, 15) is 0 Å². The molecule has 0 amide bonds. The number of ether oxygens (including phenoxy) is 2. The molecule has 0 aliphatic carbocycles. The van der Waals surface area contributed by atoms with E-state index < -0.39 is 0 Å². The minimum Gasteiger partial charge on any atom is -0.462 e. The van der Waals surface area contributed by atoms with Crippen LogP contribution in [-0.4, -0.2) is 12.9 Å². The van der Waals surface area contributed by atoms with Gasteiger partial charge in [-0.05, 0) is 12.1 Å². The van der Waals surface area contributed by atoms with E-state index in [-0.39, 0.29) is 6.29 Å². The van der Waals surface area contributed by atoms with E-state index in [0.29, 0.717) is 23.9 Å². The Balaban J connectivity index is 1.86. The van der Waals surface area contributed by atoms with E-state index in [4.69, 9.17) is 19.1 Å². The average Bonchev–Trinajstić information content (AvgIpc) is 2.83. The van der Waals surface area contributed by atoms with Crippen molar-refractivity contribution in [1.29, 1.82) is 0 Å². The van der Waals surface area contributed by atoms with E-state index in [0.717, 1.165) is 0 Å². The second-order valence-corrected chi connectivity index (χ2v) is 2.78. The van der Waals surface area contributed by atoms with E-state index in [1.165, 1.54) is 0 Å². The van der Waals surface area contributed by atoms with Crippen molar-refractivity contribution in [3.05, 3.63) is 18.2 Å². The first-order valence-corrected chi connectivity index (χ1v) is 3.93. The minimum atomic E-state index is -0.0895. The van der Waals surface area contributed by atoms with Crippen LogP contribution < -0.4 is 20.1 Å². The summed E-state index contributed by atoms with van der Waals surface area (Å²) in [5.41, 5.74) is 2.30. The molecule has 0 radical (unpaired) electrons. The van der Waals surface area contributed by atoms with Crippen molar-refractivity contribution in [2.24, 2.45) is 0 Å². The van der Waals surface area contributed by atoms with Crippen LogP contribution in [0.5, 0.6) is 17.2 Å². The number of rotatable bonds is 2. The third-order valence-electron chi connectivity index (χ3n) is 1.79. The molecule has 0 spiro atoms. The molecular formula is C8H7NO4. The van der Waals surface area contributed by atoms with Crippen LogP contribution in [0.4, 0.5) is 0 Å². The topological polar surface area (TPSA) is 52.2 Å². The van der Waals surface area contributed by atoms with Gasteiger partial charge in [-0.15, -0.1) is 0 Å². The molecule has 3 rings (SSSR count). The summed E-state index contributed by atoms with van der Waals surface area (Å²) >= 11 is 0. The molecule has 1 fully saturated rings. The second kappa shape index (κ2) is 2.51. The molecule has 1 aromatic rings. The summed E-state index contributed by atoms with van der Waals surface area (Å²) in [4.78, 5) is 9.86. The molecule has 5 nitrogen and oxygen atoms in total. The van der Waals surface area contributed by atoms with Gasteiger partial charge in [0.25, 0.3) is 0 Å². The zero-order valence-electron chi connectivity index (χ0n) is 6.65. The summed E-state index contributed by atoms with van der Waals surface area (Å²) in [7, 11) is 0. The fourth-order valence-electron chi connectivity index (χ4n) is 1.10. The van der Waals surface area contributed by atoms with Gasteiger partial charge in [-0.2, -0.15) is 0 Å². The molecule has 13 heavy (non-hydrogen) atoms. The highest BCUT2D eigenvalue weighted by molar-refractivity contribution is 5.46. The Bertz CT molecular complexity index is 337. The number of benzene rings is 1. The van der Waals surface area contributed by atoms with Crippen LogP contribution in [-0.2, 0) is 4.74 Å². The summed E-state index contributed by atoms with van der Waals surface area (Å²) in [6.45, 7) is 0.659. The molecule has 0 bridgehead atoms. The first-order chi connectivity index (χ1) is 6.42.